The molecule has 0 unspecified atom stereocenters. The third-order valence-electron chi connectivity index (χ3n) is 0.869. The van der Waals surface area contributed by atoms with Crippen molar-refractivity contribution < 1.29 is 4.84 Å². The van der Waals surface area contributed by atoms with E-state index in [0.717, 1.165) is 11.0 Å². The van der Waals surface area contributed by atoms with Gasteiger partial charge in [-0.2, -0.15) is 0 Å². The molecule has 0 saturated heterocycles. The Kier molecular flexibility index (Phi) is 2.14. The molecule has 1 heterocycles. The average molecular weight is 198 g/mol. The van der Waals surface area contributed by atoms with E-state index >= 15 is 0 Å². The van der Waals surface area contributed by atoms with Crippen LogP contribution in [0, 0.1) is 0 Å². The number of oxime groups is 1. The molecular formula is C4H5BrClNO. The van der Waals surface area contributed by atoms with Crippen molar-refractivity contribution in [2.45, 2.75) is 12.5 Å². The van der Waals surface area contributed by atoms with Crippen LogP contribution in [0.4, 0.5) is 0 Å². The standard InChI is InChI=1S/C4H5BrClNO/c5-4-1-3(2-6)8-7-4/h3H,1-2H2/t3-/m1/s1. The molecule has 1 rings (SSSR count). The SMILES string of the molecule is ClC[C@H]1CC(Br)=NO1. The molecule has 1 aliphatic heterocycles. The van der Waals surface area contributed by atoms with Gasteiger partial charge in [0.2, 0.25) is 0 Å². The van der Waals surface area contributed by atoms with Gasteiger partial charge in [0.25, 0.3) is 0 Å². The minimum Gasteiger partial charge on any atom is -0.390 e. The van der Waals surface area contributed by atoms with Gasteiger partial charge in [0.1, 0.15) is 10.7 Å². The second-order valence-corrected chi connectivity index (χ2v) is 2.78. The molecule has 0 spiro atoms. The fourth-order valence-electron chi connectivity index (χ4n) is 0.477. The second-order valence-electron chi connectivity index (χ2n) is 1.55. The van der Waals surface area contributed by atoms with Gasteiger partial charge >= 0.3 is 0 Å². The van der Waals surface area contributed by atoms with Crippen molar-refractivity contribution in [2.75, 3.05) is 5.88 Å². The monoisotopic (exact) mass is 197 g/mol. The highest BCUT2D eigenvalue weighted by Gasteiger charge is 2.16. The third-order valence-corrected chi connectivity index (χ3v) is 1.68. The van der Waals surface area contributed by atoms with Gasteiger partial charge in [-0.25, -0.2) is 0 Å². The largest absolute Gasteiger partial charge is 0.390 e. The Hall–Kier alpha value is 0.240. The van der Waals surface area contributed by atoms with Crippen LogP contribution in [0.1, 0.15) is 6.42 Å². The average Bonchev–Trinajstić information content (AvgIpc) is 2.14. The van der Waals surface area contributed by atoms with Gasteiger partial charge in [-0.3, -0.25) is 0 Å². The highest BCUT2D eigenvalue weighted by atomic mass is 79.9. The molecule has 0 radical (unpaired) electrons. The van der Waals surface area contributed by atoms with Crippen LogP contribution in [-0.2, 0) is 4.84 Å². The normalized spacial score (nSPS) is 27.2. The van der Waals surface area contributed by atoms with Crippen LogP contribution in [-0.4, -0.2) is 16.6 Å². The predicted octanol–water partition coefficient (Wildman–Crippen LogP) is 1.72. The summed E-state index contributed by atoms with van der Waals surface area (Å²) in [6.45, 7) is 0. The van der Waals surface area contributed by atoms with E-state index in [1.54, 1.807) is 0 Å². The molecule has 2 nitrogen and oxygen atoms in total. The van der Waals surface area contributed by atoms with Crippen LogP contribution in [0.5, 0.6) is 0 Å². The quantitative estimate of drug-likeness (QED) is 0.588. The van der Waals surface area contributed by atoms with Crippen LogP contribution in [0.25, 0.3) is 0 Å². The molecular weight excluding hydrogens is 193 g/mol. The summed E-state index contributed by atoms with van der Waals surface area (Å²) in [7, 11) is 0. The third kappa shape index (κ3) is 1.36. The Bertz CT molecular complexity index is 117. The topological polar surface area (TPSA) is 21.6 Å². The van der Waals surface area contributed by atoms with Crippen LogP contribution in [0.2, 0.25) is 0 Å². The van der Waals surface area contributed by atoms with Gasteiger partial charge in [-0.15, -0.1) is 11.6 Å². The van der Waals surface area contributed by atoms with E-state index in [0.29, 0.717) is 5.88 Å². The number of halogens is 2. The summed E-state index contributed by atoms with van der Waals surface area (Å²) in [6.07, 6.45) is 0.898. The Morgan fingerprint density at radius 1 is 2.00 bits per heavy atom. The van der Waals surface area contributed by atoms with Crippen molar-refractivity contribution in [1.29, 1.82) is 0 Å². The van der Waals surface area contributed by atoms with E-state index in [9.17, 15) is 0 Å². The zero-order valence-corrected chi connectivity index (χ0v) is 6.44. The van der Waals surface area contributed by atoms with E-state index in [-0.39, 0.29) is 6.10 Å². The Morgan fingerprint density at radius 2 is 2.75 bits per heavy atom. The Balaban J connectivity index is 2.32. The first-order valence-electron chi connectivity index (χ1n) is 2.27. The second kappa shape index (κ2) is 2.69. The Morgan fingerprint density at radius 3 is 3.00 bits per heavy atom. The molecule has 4 heteroatoms. The van der Waals surface area contributed by atoms with Crippen molar-refractivity contribution in [2.24, 2.45) is 5.16 Å². The van der Waals surface area contributed by atoms with Crippen molar-refractivity contribution in [1.82, 2.24) is 0 Å². The lowest BCUT2D eigenvalue weighted by atomic mass is 10.3. The Labute approximate surface area is 61.0 Å². The van der Waals surface area contributed by atoms with Crippen LogP contribution in [0.15, 0.2) is 5.16 Å². The highest BCUT2D eigenvalue weighted by Crippen LogP contribution is 2.14. The van der Waals surface area contributed by atoms with Crippen molar-refractivity contribution >= 4 is 32.2 Å². The minimum absolute atomic E-state index is 0.0889. The molecule has 0 amide bonds. The van der Waals surface area contributed by atoms with Gasteiger partial charge in [-0.1, -0.05) is 5.16 Å². The first-order chi connectivity index (χ1) is 3.83. The van der Waals surface area contributed by atoms with E-state index < -0.39 is 0 Å². The maximum absolute atomic E-state index is 5.45. The molecule has 0 aromatic heterocycles. The summed E-state index contributed by atoms with van der Waals surface area (Å²) in [5.41, 5.74) is 0. The zero-order chi connectivity index (χ0) is 5.98. The van der Waals surface area contributed by atoms with Gasteiger partial charge in [0.15, 0.2) is 0 Å². The fourth-order valence-corrected chi connectivity index (χ4v) is 1.09. The van der Waals surface area contributed by atoms with Crippen molar-refractivity contribution in [3.8, 4) is 0 Å². The lowest BCUT2D eigenvalue weighted by molar-refractivity contribution is 0.102. The van der Waals surface area contributed by atoms with Gasteiger partial charge < -0.3 is 4.84 Å². The minimum atomic E-state index is 0.0889. The van der Waals surface area contributed by atoms with Gasteiger partial charge in [0.05, 0.1) is 5.88 Å². The molecule has 1 atom stereocenters. The van der Waals surface area contributed by atoms with Crippen molar-refractivity contribution in [3.05, 3.63) is 0 Å². The van der Waals surface area contributed by atoms with E-state index in [2.05, 4.69) is 21.1 Å². The number of nitrogens with zero attached hydrogens (tertiary/aromatic N) is 1. The molecule has 46 valence electrons. The first-order valence-corrected chi connectivity index (χ1v) is 3.60. The molecule has 1 aliphatic rings. The lowest BCUT2D eigenvalue weighted by Gasteiger charge is -1.98. The lowest BCUT2D eigenvalue weighted by Crippen LogP contribution is -2.06. The molecule has 0 saturated carbocycles. The summed E-state index contributed by atoms with van der Waals surface area (Å²) in [6, 6.07) is 0. The number of hydrogen-bond acceptors (Lipinski definition) is 2. The first kappa shape index (κ1) is 6.36. The molecule has 0 aliphatic carbocycles. The van der Waals surface area contributed by atoms with Crippen LogP contribution < -0.4 is 0 Å². The van der Waals surface area contributed by atoms with Gasteiger partial charge in [0, 0.05) is 6.42 Å². The summed E-state index contributed by atoms with van der Waals surface area (Å²) in [4.78, 5) is 4.82. The van der Waals surface area contributed by atoms with E-state index in [1.807, 2.05) is 0 Å². The molecule has 0 fully saturated rings. The zero-order valence-electron chi connectivity index (χ0n) is 4.10. The van der Waals surface area contributed by atoms with Crippen molar-refractivity contribution in [3.63, 3.8) is 0 Å². The molecule has 0 aromatic rings. The summed E-state index contributed by atoms with van der Waals surface area (Å²) < 4.78 is 0.850. The summed E-state index contributed by atoms with van der Waals surface area (Å²) in [5.74, 6) is 0.513. The fraction of sp³-hybridized carbons (Fsp3) is 0.750. The predicted molar refractivity (Wildman–Crippen MR) is 36.6 cm³/mol. The number of alkyl halides is 1. The number of hydrogen-bond donors (Lipinski definition) is 0. The molecule has 0 bridgehead atoms. The molecule has 0 aromatic carbocycles. The summed E-state index contributed by atoms with van der Waals surface area (Å²) in [5, 5.41) is 3.64. The molecule has 8 heavy (non-hydrogen) atoms. The smallest absolute Gasteiger partial charge is 0.147 e. The summed E-state index contributed by atoms with van der Waals surface area (Å²) >= 11 is 8.64. The maximum atomic E-state index is 5.45. The highest BCUT2D eigenvalue weighted by molar-refractivity contribution is 9.18. The van der Waals surface area contributed by atoms with E-state index in [1.165, 1.54) is 0 Å². The molecule has 0 N–H and O–H groups in total. The van der Waals surface area contributed by atoms with Crippen LogP contribution in [0.3, 0.4) is 0 Å². The number of rotatable bonds is 1. The maximum Gasteiger partial charge on any atom is 0.147 e. The van der Waals surface area contributed by atoms with E-state index in [4.69, 9.17) is 16.4 Å². The van der Waals surface area contributed by atoms with Crippen LogP contribution >= 0.6 is 27.5 Å². The van der Waals surface area contributed by atoms with Gasteiger partial charge in [-0.05, 0) is 15.9 Å².